The van der Waals surface area contributed by atoms with Crippen molar-refractivity contribution in [1.82, 2.24) is 20.0 Å². The van der Waals surface area contributed by atoms with Crippen molar-refractivity contribution in [2.45, 2.75) is 39.8 Å². The van der Waals surface area contributed by atoms with Crippen molar-refractivity contribution in [3.05, 3.63) is 47.8 Å². The van der Waals surface area contributed by atoms with Gasteiger partial charge in [0.25, 0.3) is 0 Å². The predicted octanol–water partition coefficient (Wildman–Crippen LogP) is 2.86. The first-order valence-corrected chi connectivity index (χ1v) is 10.2. The zero-order valence-electron chi connectivity index (χ0n) is 17.2. The van der Waals surface area contributed by atoms with E-state index < -0.39 is 0 Å². The van der Waals surface area contributed by atoms with Gasteiger partial charge in [-0.2, -0.15) is 5.10 Å². The van der Waals surface area contributed by atoms with E-state index in [9.17, 15) is 4.79 Å². The van der Waals surface area contributed by atoms with Crippen molar-refractivity contribution in [3.8, 4) is 5.75 Å². The molecule has 1 amide bonds. The Morgan fingerprint density at radius 1 is 1.25 bits per heavy atom. The minimum absolute atomic E-state index is 0.0752. The van der Waals surface area contributed by atoms with Crippen LogP contribution in [0.2, 0.25) is 0 Å². The number of carbonyl (C=O) groups excluding carboxylic acids is 1. The van der Waals surface area contributed by atoms with Gasteiger partial charge in [-0.1, -0.05) is 19.1 Å². The number of aryl methyl sites for hydroxylation is 1. The minimum atomic E-state index is -0.0752. The van der Waals surface area contributed by atoms with Crippen LogP contribution in [-0.4, -0.2) is 47.3 Å². The number of hydrogen-bond acceptors (Lipinski definition) is 4. The van der Waals surface area contributed by atoms with Crippen molar-refractivity contribution in [1.29, 1.82) is 0 Å². The third-order valence-electron chi connectivity index (χ3n) is 5.66. The van der Waals surface area contributed by atoms with Crippen LogP contribution in [0, 0.1) is 18.8 Å². The van der Waals surface area contributed by atoms with E-state index in [0.29, 0.717) is 12.5 Å². The lowest BCUT2D eigenvalue weighted by atomic mass is 9.96. The molecule has 1 fully saturated rings. The van der Waals surface area contributed by atoms with Crippen LogP contribution < -0.4 is 10.1 Å². The Balaban J connectivity index is 1.36. The maximum absolute atomic E-state index is 12.4. The summed E-state index contributed by atoms with van der Waals surface area (Å²) in [5.74, 6) is 1.51. The van der Waals surface area contributed by atoms with Crippen molar-refractivity contribution in [2.24, 2.45) is 11.8 Å². The van der Waals surface area contributed by atoms with Gasteiger partial charge in [0.05, 0.1) is 19.6 Å². The molecule has 28 heavy (non-hydrogen) atoms. The van der Waals surface area contributed by atoms with E-state index in [1.165, 1.54) is 5.56 Å². The van der Waals surface area contributed by atoms with Crippen LogP contribution in [0.25, 0.3) is 0 Å². The third-order valence-corrected chi connectivity index (χ3v) is 5.66. The molecule has 1 N–H and O–H groups in total. The Labute approximate surface area is 167 Å². The van der Waals surface area contributed by atoms with Gasteiger partial charge in [-0.3, -0.25) is 14.4 Å². The number of benzene rings is 1. The molecule has 0 aliphatic carbocycles. The van der Waals surface area contributed by atoms with Gasteiger partial charge in [-0.05, 0) is 62.5 Å². The van der Waals surface area contributed by atoms with Crippen molar-refractivity contribution >= 4 is 5.91 Å². The fourth-order valence-corrected chi connectivity index (χ4v) is 3.69. The summed E-state index contributed by atoms with van der Waals surface area (Å²) in [6, 6.07) is 10.3. The predicted molar refractivity (Wildman–Crippen MR) is 110 cm³/mol. The molecule has 1 aromatic heterocycles. The first kappa shape index (κ1) is 20.4. The molecule has 1 saturated heterocycles. The molecule has 0 spiro atoms. The molecule has 2 aromatic rings. The van der Waals surface area contributed by atoms with Crippen molar-refractivity contribution in [3.63, 3.8) is 0 Å². The molecule has 0 radical (unpaired) electrons. The van der Waals surface area contributed by atoms with E-state index in [-0.39, 0.29) is 11.8 Å². The summed E-state index contributed by atoms with van der Waals surface area (Å²) >= 11 is 0. The van der Waals surface area contributed by atoms with Crippen LogP contribution in [0.5, 0.6) is 5.75 Å². The molecule has 1 aliphatic heterocycles. The average molecular weight is 385 g/mol. The highest BCUT2D eigenvalue weighted by atomic mass is 16.5. The van der Waals surface area contributed by atoms with Gasteiger partial charge in [0.15, 0.2) is 0 Å². The first-order valence-electron chi connectivity index (χ1n) is 10.2. The molecule has 0 saturated carbocycles. The summed E-state index contributed by atoms with van der Waals surface area (Å²) in [5.41, 5.74) is 2.40. The lowest BCUT2D eigenvalue weighted by molar-refractivity contribution is -0.125. The fraction of sp³-hybridized carbons (Fsp3) is 0.545. The number of aromatic nitrogens is 2. The second kappa shape index (κ2) is 9.73. The van der Waals surface area contributed by atoms with Crippen molar-refractivity contribution in [2.75, 3.05) is 26.7 Å². The van der Waals surface area contributed by atoms with E-state index >= 15 is 0 Å². The molecule has 3 rings (SSSR count). The number of carbonyl (C=O) groups is 1. The SMILES string of the molecule is COc1ccc(CN2CCC(CNC(=O)C(C)Cn3nccc3C)CC2)cc1. The van der Waals surface area contributed by atoms with Crippen LogP contribution in [0.1, 0.15) is 31.0 Å². The number of hydrogen-bond donors (Lipinski definition) is 1. The van der Waals surface area contributed by atoms with E-state index in [0.717, 1.165) is 50.5 Å². The lowest BCUT2D eigenvalue weighted by Gasteiger charge is -2.32. The zero-order valence-corrected chi connectivity index (χ0v) is 17.2. The molecule has 1 atom stereocenters. The number of nitrogens with zero attached hydrogens (tertiary/aromatic N) is 3. The number of likely N-dealkylation sites (tertiary alicyclic amines) is 1. The van der Waals surface area contributed by atoms with E-state index in [4.69, 9.17) is 4.74 Å². The maximum Gasteiger partial charge on any atom is 0.224 e. The fourth-order valence-electron chi connectivity index (χ4n) is 3.69. The Morgan fingerprint density at radius 3 is 2.57 bits per heavy atom. The van der Waals surface area contributed by atoms with Gasteiger partial charge < -0.3 is 10.1 Å². The summed E-state index contributed by atoms with van der Waals surface area (Å²) in [5, 5.41) is 7.41. The minimum Gasteiger partial charge on any atom is -0.497 e. The molecule has 1 aromatic carbocycles. The largest absolute Gasteiger partial charge is 0.497 e. The molecule has 6 heteroatoms. The van der Waals surface area contributed by atoms with Gasteiger partial charge in [0.1, 0.15) is 5.75 Å². The summed E-state index contributed by atoms with van der Waals surface area (Å²) in [7, 11) is 1.69. The number of rotatable bonds is 8. The van der Waals surface area contributed by atoms with Gasteiger partial charge in [0, 0.05) is 25.0 Å². The normalized spacial score (nSPS) is 16.7. The van der Waals surface area contributed by atoms with Crippen LogP contribution in [0.3, 0.4) is 0 Å². The topological polar surface area (TPSA) is 59.4 Å². The Bertz CT molecular complexity index is 748. The van der Waals surface area contributed by atoms with Gasteiger partial charge in [-0.25, -0.2) is 0 Å². The summed E-state index contributed by atoms with van der Waals surface area (Å²) < 4.78 is 7.11. The molecule has 152 valence electrons. The van der Waals surface area contributed by atoms with E-state index in [1.54, 1.807) is 13.3 Å². The molecular formula is C22H32N4O2. The Kier molecular flexibility index (Phi) is 7.09. The van der Waals surface area contributed by atoms with E-state index in [1.807, 2.05) is 36.7 Å². The highest BCUT2D eigenvalue weighted by Crippen LogP contribution is 2.20. The van der Waals surface area contributed by atoms with Gasteiger partial charge in [-0.15, -0.1) is 0 Å². The highest BCUT2D eigenvalue weighted by molar-refractivity contribution is 5.78. The maximum atomic E-state index is 12.4. The van der Waals surface area contributed by atoms with Gasteiger partial charge >= 0.3 is 0 Å². The standard InChI is InChI=1S/C22H32N4O2/c1-17(15-26-18(2)8-11-24-26)22(27)23-14-19-9-12-25(13-10-19)16-20-4-6-21(28-3)7-5-20/h4-8,11,17,19H,9-10,12-16H2,1-3H3,(H,23,27). The number of amides is 1. The van der Waals surface area contributed by atoms with Crippen LogP contribution in [0.4, 0.5) is 0 Å². The number of ether oxygens (including phenoxy) is 1. The van der Waals surface area contributed by atoms with Crippen LogP contribution >= 0.6 is 0 Å². The smallest absolute Gasteiger partial charge is 0.224 e. The molecule has 6 nitrogen and oxygen atoms in total. The highest BCUT2D eigenvalue weighted by Gasteiger charge is 2.21. The number of nitrogens with one attached hydrogen (secondary N) is 1. The summed E-state index contributed by atoms with van der Waals surface area (Å²) in [4.78, 5) is 14.9. The van der Waals surface area contributed by atoms with E-state index in [2.05, 4.69) is 27.4 Å². The number of piperidine rings is 1. The lowest BCUT2D eigenvalue weighted by Crippen LogP contribution is -2.40. The second-order valence-electron chi connectivity index (χ2n) is 7.87. The molecule has 2 heterocycles. The zero-order chi connectivity index (χ0) is 19.9. The molecule has 0 bridgehead atoms. The number of methoxy groups -OCH3 is 1. The third kappa shape index (κ3) is 5.58. The van der Waals surface area contributed by atoms with Gasteiger partial charge in [0.2, 0.25) is 5.91 Å². The molecular weight excluding hydrogens is 352 g/mol. The monoisotopic (exact) mass is 384 g/mol. The molecule has 1 unspecified atom stereocenters. The average Bonchev–Trinajstić information content (AvgIpc) is 3.12. The second-order valence-corrected chi connectivity index (χ2v) is 7.87. The quantitative estimate of drug-likeness (QED) is 0.760. The first-order chi connectivity index (χ1) is 13.5. The molecule has 1 aliphatic rings. The summed E-state index contributed by atoms with van der Waals surface area (Å²) in [6.07, 6.45) is 4.03. The van der Waals surface area contributed by atoms with Crippen LogP contribution in [0.15, 0.2) is 36.5 Å². The Hall–Kier alpha value is -2.34. The van der Waals surface area contributed by atoms with Crippen LogP contribution in [-0.2, 0) is 17.9 Å². The summed E-state index contributed by atoms with van der Waals surface area (Å²) in [6.45, 7) is 8.51. The van der Waals surface area contributed by atoms with Crippen molar-refractivity contribution < 1.29 is 9.53 Å². The Morgan fingerprint density at radius 2 is 1.96 bits per heavy atom.